The van der Waals surface area contributed by atoms with Crippen molar-refractivity contribution >= 4 is 28.8 Å². The number of aliphatic imine (C=N–C) groups is 2. The number of thioether (sulfide) groups is 1. The summed E-state index contributed by atoms with van der Waals surface area (Å²) >= 11 is 1.29. The van der Waals surface area contributed by atoms with Crippen molar-refractivity contribution in [1.29, 1.82) is 0 Å². The van der Waals surface area contributed by atoms with Crippen LogP contribution in [0.5, 0.6) is 11.5 Å². The maximum atomic E-state index is 11.5. The first kappa shape index (κ1) is 20.2. The van der Waals surface area contributed by atoms with Crippen molar-refractivity contribution < 1.29 is 67.7 Å². The fourth-order valence-electron chi connectivity index (χ4n) is 2.51. The van der Waals surface area contributed by atoms with Crippen LogP contribution in [0.15, 0.2) is 70.4 Å². The minimum atomic E-state index is -0.490. The molecule has 8 nitrogen and oxygen atoms in total. The first-order valence-electron chi connectivity index (χ1n) is 7.59. The van der Waals surface area contributed by atoms with Gasteiger partial charge in [-0.1, -0.05) is 30.0 Å². The molecule has 27 heavy (non-hydrogen) atoms. The number of rotatable bonds is 4. The van der Waals surface area contributed by atoms with E-state index in [9.17, 15) is 15.3 Å². The fourth-order valence-corrected chi connectivity index (χ4v) is 3.54. The summed E-state index contributed by atoms with van der Waals surface area (Å²) in [7, 11) is 0. The second-order valence-electron chi connectivity index (χ2n) is 5.44. The van der Waals surface area contributed by atoms with Crippen molar-refractivity contribution in [3.63, 3.8) is 0 Å². The minimum Gasteiger partial charge on any atom is -1.00 e. The van der Waals surface area contributed by atoms with Gasteiger partial charge >= 0.3 is 57.1 Å². The van der Waals surface area contributed by atoms with Crippen LogP contribution in [0.2, 0.25) is 0 Å². The Hall–Kier alpha value is -1.53. The summed E-state index contributed by atoms with van der Waals surface area (Å²) < 4.78 is 5.63. The summed E-state index contributed by atoms with van der Waals surface area (Å²) in [5.74, 6) is 0.664. The molecule has 2 aliphatic heterocycles. The van der Waals surface area contributed by atoms with E-state index in [0.29, 0.717) is 22.1 Å². The molecular weight excluding hydrogens is 395 g/mol. The average Bonchev–Trinajstić information content (AvgIpc) is 3.08. The van der Waals surface area contributed by atoms with Crippen LogP contribution in [0.25, 0.3) is 0 Å². The van der Waals surface area contributed by atoms with Crippen LogP contribution in [-0.4, -0.2) is 31.9 Å². The van der Waals surface area contributed by atoms with Gasteiger partial charge in [-0.2, -0.15) is 0 Å². The Balaban J connectivity index is 0.00000140. The number of nitro benzene ring substituents is 1. The normalized spacial score (nSPS) is 17.5. The molecule has 2 aromatic rings. The first-order chi connectivity index (χ1) is 12.6. The molecule has 0 bridgehead atoms. The molecule has 4 rings (SSSR count). The fraction of sp³-hybridized carbons (Fsp3) is 0.0588. The van der Waals surface area contributed by atoms with Crippen LogP contribution in [0.3, 0.4) is 0 Å². The van der Waals surface area contributed by atoms with Crippen molar-refractivity contribution in [2.24, 2.45) is 9.98 Å². The first-order valence-corrected chi connectivity index (χ1v) is 8.47. The van der Waals surface area contributed by atoms with Crippen molar-refractivity contribution in [3.05, 3.63) is 76.1 Å². The predicted octanol–water partition coefficient (Wildman–Crippen LogP) is 0.898. The van der Waals surface area contributed by atoms with Gasteiger partial charge in [0.25, 0.3) is 0 Å². The van der Waals surface area contributed by atoms with Gasteiger partial charge in [-0.3, -0.25) is 15.3 Å². The second-order valence-corrected chi connectivity index (χ2v) is 6.51. The van der Waals surface area contributed by atoms with E-state index in [0.717, 1.165) is 5.06 Å². The summed E-state index contributed by atoms with van der Waals surface area (Å²) in [5.41, 5.74) is 1.00. The van der Waals surface area contributed by atoms with Gasteiger partial charge in [0.2, 0.25) is 5.75 Å². The molecule has 0 aromatic heterocycles. The molecule has 0 amide bonds. The zero-order valence-electron chi connectivity index (χ0n) is 15.2. The Bertz CT molecular complexity index is 971. The maximum absolute atomic E-state index is 11.5. The van der Waals surface area contributed by atoms with Gasteiger partial charge in [0.15, 0.2) is 5.37 Å². The smallest absolute Gasteiger partial charge is 1.00 e. The molecule has 0 spiro atoms. The van der Waals surface area contributed by atoms with Gasteiger partial charge in [-0.25, -0.2) is 15.0 Å². The van der Waals surface area contributed by atoms with E-state index in [1.165, 1.54) is 24.2 Å². The molecule has 1 N–H and O–H groups in total. The summed E-state index contributed by atoms with van der Waals surface area (Å²) in [6, 6.07) is 13.5. The molecule has 0 fully saturated rings. The van der Waals surface area contributed by atoms with Crippen LogP contribution in [0.1, 0.15) is 6.99 Å². The maximum Gasteiger partial charge on any atom is 1.00 e. The molecule has 132 valence electrons. The number of hydrogen-bond donors (Lipinski definition) is 1. The third kappa shape index (κ3) is 4.32. The van der Waals surface area contributed by atoms with Crippen molar-refractivity contribution in [2.45, 2.75) is 5.37 Å². The van der Waals surface area contributed by atoms with Gasteiger partial charge in [0.05, 0.1) is 16.8 Å². The Morgan fingerprint density at radius 1 is 1.26 bits per heavy atom. The van der Waals surface area contributed by atoms with Gasteiger partial charge < -0.3 is 6.16 Å². The molecule has 0 aliphatic carbocycles. The monoisotopic (exact) mass is 408 g/mol. The second kappa shape index (κ2) is 8.65. The standard InChI is InChI=1S/C17H12N4O4S.K.H/c22-20-10-18-9-13-17(20)26-16(19-13)11-6-7-15(14(8-11)21(23)24)25-12-4-2-1-3-5-12;;/h1-10,17,22H;;/q;+1;-1. The number of nitrogens with zero attached hydrogens (tertiary/aromatic N) is 4. The molecule has 0 radical (unpaired) electrons. The van der Waals surface area contributed by atoms with Crippen molar-refractivity contribution in [3.8, 4) is 11.5 Å². The van der Waals surface area contributed by atoms with Gasteiger partial charge in [-0.15, -0.1) is 0 Å². The van der Waals surface area contributed by atoms with E-state index in [1.54, 1.807) is 42.6 Å². The SMILES string of the molecule is O=[N+]([O-])c1cc(C2=NC3=CN=CN(O)C3S2)ccc1Oc1ccccc1.[H-].[K+]. The quantitative estimate of drug-likeness (QED) is 0.458. The number of hydrogen-bond acceptors (Lipinski definition) is 8. The summed E-state index contributed by atoms with van der Waals surface area (Å²) in [6.07, 6.45) is 2.84. The van der Waals surface area contributed by atoms with Crippen LogP contribution < -0.4 is 56.1 Å². The van der Waals surface area contributed by atoms with E-state index in [4.69, 9.17) is 4.74 Å². The third-order valence-electron chi connectivity index (χ3n) is 3.71. The molecule has 1 unspecified atom stereocenters. The van der Waals surface area contributed by atoms with E-state index >= 15 is 0 Å². The topological polar surface area (TPSA) is 101 Å². The van der Waals surface area contributed by atoms with E-state index in [1.807, 2.05) is 6.07 Å². The van der Waals surface area contributed by atoms with Crippen molar-refractivity contribution in [2.75, 3.05) is 0 Å². The number of nitro groups is 1. The summed E-state index contributed by atoms with van der Waals surface area (Å²) in [6.45, 7) is 0. The molecular formula is C17H13KN4O4S. The average molecular weight is 408 g/mol. The van der Waals surface area contributed by atoms with E-state index in [-0.39, 0.29) is 64.2 Å². The van der Waals surface area contributed by atoms with Crippen LogP contribution >= 0.6 is 11.8 Å². The number of hydroxylamine groups is 2. The predicted molar refractivity (Wildman–Crippen MR) is 98.8 cm³/mol. The number of benzene rings is 2. The Kier molecular flexibility index (Phi) is 6.47. The van der Waals surface area contributed by atoms with E-state index in [2.05, 4.69) is 9.98 Å². The van der Waals surface area contributed by atoms with Crippen LogP contribution in [-0.2, 0) is 0 Å². The summed E-state index contributed by atoms with van der Waals surface area (Å²) in [4.78, 5) is 19.3. The molecule has 2 aromatic carbocycles. The Morgan fingerprint density at radius 2 is 2.04 bits per heavy atom. The molecule has 10 heteroatoms. The Labute approximate surface area is 202 Å². The van der Waals surface area contributed by atoms with E-state index < -0.39 is 10.3 Å². The third-order valence-corrected chi connectivity index (χ3v) is 4.94. The number of ether oxygens (including phenoxy) is 1. The largest absolute Gasteiger partial charge is 1.00 e. The molecule has 2 aliphatic rings. The zero-order valence-corrected chi connectivity index (χ0v) is 18.2. The van der Waals surface area contributed by atoms with Crippen LogP contribution in [0, 0.1) is 10.1 Å². The Morgan fingerprint density at radius 3 is 2.74 bits per heavy atom. The van der Waals surface area contributed by atoms with Crippen molar-refractivity contribution in [1.82, 2.24) is 5.06 Å². The zero-order chi connectivity index (χ0) is 18.1. The van der Waals surface area contributed by atoms with Gasteiger partial charge in [0.1, 0.15) is 17.1 Å². The summed E-state index contributed by atoms with van der Waals surface area (Å²) in [5, 5.41) is 22.4. The molecule has 1 atom stereocenters. The molecule has 0 saturated heterocycles. The number of para-hydroxylation sites is 1. The molecule has 2 heterocycles. The number of fused-ring (bicyclic) bond motifs is 1. The minimum absolute atomic E-state index is 0. The molecule has 0 saturated carbocycles. The van der Waals surface area contributed by atoms with Crippen LogP contribution in [0.4, 0.5) is 5.69 Å². The van der Waals surface area contributed by atoms with Gasteiger partial charge in [0, 0.05) is 11.6 Å². The van der Waals surface area contributed by atoms with Gasteiger partial charge in [-0.05, 0) is 24.3 Å².